The second kappa shape index (κ2) is 5.79. The van der Waals surface area contributed by atoms with Gasteiger partial charge in [-0.05, 0) is 43.6 Å². The van der Waals surface area contributed by atoms with E-state index in [0.29, 0.717) is 18.7 Å². The van der Waals surface area contributed by atoms with Crippen LogP contribution < -0.4 is 5.73 Å². The molecular formula is C16H27N3O2. The molecule has 0 bridgehead atoms. The molecule has 0 aromatic carbocycles. The lowest BCUT2D eigenvalue weighted by Gasteiger charge is -2.17. The first-order valence-electron chi connectivity index (χ1n) is 7.75. The molecule has 0 amide bonds. The highest BCUT2D eigenvalue weighted by Gasteiger charge is 2.62. The Labute approximate surface area is 126 Å². The molecule has 2 rings (SSSR count). The van der Waals surface area contributed by atoms with Gasteiger partial charge in [-0.3, -0.25) is 4.79 Å². The zero-order chi connectivity index (χ0) is 15.7. The highest BCUT2D eigenvalue weighted by atomic mass is 16.4. The number of carbonyl (C=O) groups is 1. The third kappa shape index (κ3) is 3.46. The van der Waals surface area contributed by atoms with Gasteiger partial charge in [-0.25, -0.2) is 4.98 Å². The van der Waals surface area contributed by atoms with E-state index in [0.717, 1.165) is 25.8 Å². The summed E-state index contributed by atoms with van der Waals surface area (Å²) in [7, 11) is 0. The van der Waals surface area contributed by atoms with Crippen LogP contribution in [0.3, 0.4) is 0 Å². The summed E-state index contributed by atoms with van der Waals surface area (Å²) >= 11 is 0. The van der Waals surface area contributed by atoms with Gasteiger partial charge in [-0.2, -0.15) is 0 Å². The van der Waals surface area contributed by atoms with Crippen molar-refractivity contribution >= 4 is 5.97 Å². The summed E-state index contributed by atoms with van der Waals surface area (Å²) in [5.74, 6) is -0.560. The van der Waals surface area contributed by atoms with Crippen LogP contribution >= 0.6 is 0 Å². The van der Waals surface area contributed by atoms with E-state index in [1.807, 2.05) is 10.8 Å². The van der Waals surface area contributed by atoms with Gasteiger partial charge < -0.3 is 15.4 Å². The molecule has 0 radical (unpaired) electrons. The van der Waals surface area contributed by atoms with Crippen molar-refractivity contribution in [2.75, 3.05) is 6.54 Å². The first kappa shape index (κ1) is 16.0. The molecule has 1 unspecified atom stereocenters. The molecule has 1 aromatic heterocycles. The van der Waals surface area contributed by atoms with Gasteiger partial charge in [0.15, 0.2) is 0 Å². The minimum absolute atomic E-state index is 0.185. The molecule has 2 atom stereocenters. The van der Waals surface area contributed by atoms with Gasteiger partial charge in [0, 0.05) is 12.7 Å². The van der Waals surface area contributed by atoms with Gasteiger partial charge in [-0.1, -0.05) is 20.8 Å². The molecule has 118 valence electrons. The Morgan fingerprint density at radius 1 is 1.57 bits per heavy atom. The maximum absolute atomic E-state index is 11.7. The van der Waals surface area contributed by atoms with Crippen molar-refractivity contribution in [3.63, 3.8) is 0 Å². The fourth-order valence-corrected chi connectivity index (χ4v) is 2.90. The Morgan fingerprint density at radius 2 is 2.29 bits per heavy atom. The van der Waals surface area contributed by atoms with Crippen molar-refractivity contribution in [1.29, 1.82) is 0 Å². The molecule has 0 aliphatic heterocycles. The van der Waals surface area contributed by atoms with E-state index in [9.17, 15) is 9.90 Å². The molecule has 0 spiro atoms. The van der Waals surface area contributed by atoms with Gasteiger partial charge >= 0.3 is 5.97 Å². The monoisotopic (exact) mass is 293 g/mol. The summed E-state index contributed by atoms with van der Waals surface area (Å²) in [6, 6.07) is 0. The second-order valence-corrected chi connectivity index (χ2v) is 7.42. The number of hydrogen-bond acceptors (Lipinski definition) is 3. The lowest BCUT2D eigenvalue weighted by molar-refractivity contribution is -0.140. The number of imidazole rings is 1. The number of carboxylic acids is 1. The first-order valence-corrected chi connectivity index (χ1v) is 7.75. The van der Waals surface area contributed by atoms with E-state index < -0.39 is 11.4 Å². The number of nitrogens with two attached hydrogens (primary N) is 1. The van der Waals surface area contributed by atoms with E-state index in [1.54, 1.807) is 6.33 Å². The van der Waals surface area contributed by atoms with E-state index in [-0.39, 0.29) is 11.3 Å². The van der Waals surface area contributed by atoms with Gasteiger partial charge in [0.05, 0.1) is 12.0 Å². The van der Waals surface area contributed by atoms with Crippen molar-refractivity contribution < 1.29 is 9.90 Å². The summed E-state index contributed by atoms with van der Waals surface area (Å²) in [6.45, 7) is 8.10. The normalized spacial score (nSPS) is 25.0. The topological polar surface area (TPSA) is 81.1 Å². The standard InChI is InChI=1S/C16H27N3O2/c1-15(2,3)6-8-19-10-13(18-11-19)16(14(20)21)9-12(16)5-4-7-17/h10-12H,4-9,17H2,1-3H3,(H,20,21)/t12-,16?/m0/s1. The Kier molecular flexibility index (Phi) is 4.42. The average molecular weight is 293 g/mol. The number of hydrogen-bond donors (Lipinski definition) is 2. The maximum atomic E-state index is 11.7. The number of nitrogens with zero attached hydrogens (tertiary/aromatic N) is 2. The molecule has 1 aliphatic carbocycles. The Morgan fingerprint density at radius 3 is 2.86 bits per heavy atom. The van der Waals surface area contributed by atoms with E-state index in [2.05, 4.69) is 25.8 Å². The number of aliphatic carboxylic acids is 1. The van der Waals surface area contributed by atoms with Crippen LogP contribution in [0.25, 0.3) is 0 Å². The zero-order valence-electron chi connectivity index (χ0n) is 13.3. The van der Waals surface area contributed by atoms with Gasteiger partial charge in [0.25, 0.3) is 0 Å². The minimum atomic E-state index is -0.762. The number of aromatic nitrogens is 2. The van der Waals surface area contributed by atoms with E-state index in [1.165, 1.54) is 0 Å². The third-order valence-electron chi connectivity index (χ3n) is 4.45. The molecular weight excluding hydrogens is 266 g/mol. The first-order chi connectivity index (χ1) is 9.79. The van der Waals surface area contributed by atoms with Crippen molar-refractivity contribution in [3.05, 3.63) is 18.2 Å². The SMILES string of the molecule is CC(C)(C)CCn1cnc(C2(C(=O)O)C[C@@H]2CCCN)c1. The summed E-state index contributed by atoms with van der Waals surface area (Å²) < 4.78 is 2.02. The highest BCUT2D eigenvalue weighted by molar-refractivity contribution is 5.85. The predicted molar refractivity (Wildman–Crippen MR) is 82.0 cm³/mol. The van der Waals surface area contributed by atoms with Crippen molar-refractivity contribution in [2.24, 2.45) is 17.1 Å². The van der Waals surface area contributed by atoms with Crippen LogP contribution in [-0.4, -0.2) is 27.2 Å². The molecule has 0 saturated heterocycles. The quantitative estimate of drug-likeness (QED) is 0.809. The van der Waals surface area contributed by atoms with E-state index in [4.69, 9.17) is 5.73 Å². The average Bonchev–Trinajstić information content (AvgIpc) is 2.93. The summed E-state index contributed by atoms with van der Waals surface area (Å²) in [6.07, 6.45) is 7.17. The Bertz CT molecular complexity index is 504. The van der Waals surface area contributed by atoms with Gasteiger partial charge in [-0.15, -0.1) is 0 Å². The molecule has 3 N–H and O–H groups in total. The molecule has 1 fully saturated rings. The lowest BCUT2D eigenvalue weighted by Crippen LogP contribution is -2.23. The van der Waals surface area contributed by atoms with Crippen LogP contribution in [0, 0.1) is 11.3 Å². The smallest absolute Gasteiger partial charge is 0.316 e. The zero-order valence-corrected chi connectivity index (χ0v) is 13.3. The predicted octanol–water partition coefficient (Wildman–Crippen LogP) is 2.40. The van der Waals surface area contributed by atoms with Crippen LogP contribution in [-0.2, 0) is 16.8 Å². The largest absolute Gasteiger partial charge is 0.481 e. The van der Waals surface area contributed by atoms with Crippen LogP contribution in [0.15, 0.2) is 12.5 Å². The fourth-order valence-electron chi connectivity index (χ4n) is 2.90. The number of rotatable bonds is 7. The third-order valence-corrected chi connectivity index (χ3v) is 4.45. The summed E-state index contributed by atoms with van der Waals surface area (Å²) in [4.78, 5) is 16.1. The second-order valence-electron chi connectivity index (χ2n) is 7.42. The molecule has 1 saturated carbocycles. The van der Waals surface area contributed by atoms with Gasteiger partial charge in [0.2, 0.25) is 0 Å². The summed E-state index contributed by atoms with van der Waals surface area (Å²) in [5.41, 5.74) is 5.74. The number of aryl methyl sites for hydroxylation is 1. The van der Waals surface area contributed by atoms with E-state index >= 15 is 0 Å². The number of carboxylic acid groups (broad SMARTS) is 1. The summed E-state index contributed by atoms with van der Waals surface area (Å²) in [5, 5.41) is 9.61. The highest BCUT2D eigenvalue weighted by Crippen LogP contribution is 2.56. The fraction of sp³-hybridized carbons (Fsp3) is 0.750. The molecule has 1 heterocycles. The van der Waals surface area contributed by atoms with Crippen molar-refractivity contribution in [1.82, 2.24) is 9.55 Å². The molecule has 1 aliphatic rings. The van der Waals surface area contributed by atoms with Crippen LogP contribution in [0.1, 0.15) is 52.1 Å². The molecule has 5 heteroatoms. The molecule has 5 nitrogen and oxygen atoms in total. The lowest BCUT2D eigenvalue weighted by atomic mass is 9.92. The van der Waals surface area contributed by atoms with Crippen molar-refractivity contribution in [3.8, 4) is 0 Å². The minimum Gasteiger partial charge on any atom is -0.481 e. The van der Waals surface area contributed by atoms with Gasteiger partial charge in [0.1, 0.15) is 5.41 Å². The van der Waals surface area contributed by atoms with Crippen LogP contribution in [0.4, 0.5) is 0 Å². The maximum Gasteiger partial charge on any atom is 0.316 e. The molecule has 1 aromatic rings. The Balaban J connectivity index is 2.06. The van der Waals surface area contributed by atoms with Crippen LogP contribution in [0.2, 0.25) is 0 Å². The van der Waals surface area contributed by atoms with Crippen molar-refractivity contribution in [2.45, 2.75) is 58.4 Å². The van der Waals surface area contributed by atoms with Crippen LogP contribution in [0.5, 0.6) is 0 Å². The molecule has 21 heavy (non-hydrogen) atoms. The Hall–Kier alpha value is -1.36.